The molecule has 0 saturated heterocycles. The normalized spacial score (nSPS) is 10.7. The molecule has 3 aromatic rings. The molecular weight excluding hydrogens is 272 g/mol. The molecule has 2 N–H and O–H groups in total. The number of aromatic hydroxyl groups is 2. The zero-order valence-corrected chi connectivity index (χ0v) is 11.2. The maximum atomic E-state index is 12.1. The van der Waals surface area contributed by atoms with Crippen LogP contribution in [0.5, 0.6) is 17.2 Å². The van der Waals surface area contributed by atoms with Crippen LogP contribution in [0.4, 0.5) is 0 Å². The summed E-state index contributed by atoms with van der Waals surface area (Å²) in [6, 6.07) is 10.8. The van der Waals surface area contributed by atoms with Gasteiger partial charge in [0.05, 0.1) is 12.7 Å². The van der Waals surface area contributed by atoms with E-state index in [1.54, 1.807) is 18.2 Å². The van der Waals surface area contributed by atoms with Crippen molar-refractivity contribution >= 4 is 11.0 Å². The SMILES string of the molecule is COc1cc2oc(=O)c(-c3ccc(O)cc3)cc2cc1O. The Labute approximate surface area is 119 Å². The third kappa shape index (κ3) is 2.29. The van der Waals surface area contributed by atoms with E-state index in [0.717, 1.165) is 0 Å². The summed E-state index contributed by atoms with van der Waals surface area (Å²) < 4.78 is 10.2. The van der Waals surface area contributed by atoms with Gasteiger partial charge in [0, 0.05) is 11.5 Å². The first-order valence-electron chi connectivity index (χ1n) is 6.23. The van der Waals surface area contributed by atoms with Gasteiger partial charge in [-0.3, -0.25) is 0 Å². The topological polar surface area (TPSA) is 79.9 Å². The molecule has 106 valence electrons. The maximum Gasteiger partial charge on any atom is 0.344 e. The third-order valence-electron chi connectivity index (χ3n) is 3.21. The van der Waals surface area contributed by atoms with Crippen LogP contribution in [0.15, 0.2) is 51.7 Å². The molecule has 0 fully saturated rings. The molecule has 5 nitrogen and oxygen atoms in total. The molecule has 2 aromatic carbocycles. The van der Waals surface area contributed by atoms with Crippen molar-refractivity contribution in [3.8, 4) is 28.4 Å². The van der Waals surface area contributed by atoms with Gasteiger partial charge in [0.2, 0.25) is 0 Å². The van der Waals surface area contributed by atoms with E-state index in [1.807, 2.05) is 0 Å². The summed E-state index contributed by atoms with van der Waals surface area (Å²) in [5.41, 5.74) is 0.809. The second-order valence-corrected chi connectivity index (χ2v) is 4.56. The van der Waals surface area contributed by atoms with Crippen LogP contribution in [-0.2, 0) is 0 Å². The minimum absolute atomic E-state index is 0.0319. The second-order valence-electron chi connectivity index (χ2n) is 4.56. The Balaban J connectivity index is 2.23. The largest absolute Gasteiger partial charge is 0.508 e. The van der Waals surface area contributed by atoms with Gasteiger partial charge in [0.1, 0.15) is 11.3 Å². The minimum atomic E-state index is -0.499. The van der Waals surface area contributed by atoms with Crippen molar-refractivity contribution < 1.29 is 19.4 Å². The van der Waals surface area contributed by atoms with E-state index in [-0.39, 0.29) is 17.2 Å². The van der Waals surface area contributed by atoms with Crippen molar-refractivity contribution in [2.24, 2.45) is 0 Å². The molecular formula is C16H12O5. The highest BCUT2D eigenvalue weighted by molar-refractivity contribution is 5.84. The fourth-order valence-corrected chi connectivity index (χ4v) is 2.14. The van der Waals surface area contributed by atoms with Gasteiger partial charge >= 0.3 is 5.63 Å². The van der Waals surface area contributed by atoms with Gasteiger partial charge in [-0.05, 0) is 29.8 Å². The molecule has 0 unspecified atom stereocenters. The van der Waals surface area contributed by atoms with Crippen molar-refractivity contribution in [1.82, 2.24) is 0 Å². The molecule has 1 aromatic heterocycles. The van der Waals surface area contributed by atoms with Gasteiger partial charge < -0.3 is 19.4 Å². The number of fused-ring (bicyclic) bond motifs is 1. The summed E-state index contributed by atoms with van der Waals surface area (Å²) >= 11 is 0. The summed E-state index contributed by atoms with van der Waals surface area (Å²) in [5, 5.41) is 19.7. The van der Waals surface area contributed by atoms with Gasteiger partial charge in [-0.2, -0.15) is 0 Å². The van der Waals surface area contributed by atoms with E-state index in [4.69, 9.17) is 9.15 Å². The lowest BCUT2D eigenvalue weighted by atomic mass is 10.1. The predicted molar refractivity (Wildman–Crippen MR) is 77.8 cm³/mol. The van der Waals surface area contributed by atoms with Crippen LogP contribution in [-0.4, -0.2) is 17.3 Å². The number of benzene rings is 2. The molecule has 0 atom stereocenters. The van der Waals surface area contributed by atoms with Crippen molar-refractivity contribution in [1.29, 1.82) is 0 Å². The Bertz CT molecular complexity index is 862. The summed E-state index contributed by atoms with van der Waals surface area (Å²) in [6.07, 6.45) is 0. The van der Waals surface area contributed by atoms with Gasteiger partial charge in [0.15, 0.2) is 11.5 Å². The number of ether oxygens (including phenoxy) is 1. The third-order valence-corrected chi connectivity index (χ3v) is 3.21. The van der Waals surface area contributed by atoms with Crippen LogP contribution in [0.3, 0.4) is 0 Å². The van der Waals surface area contributed by atoms with E-state index in [9.17, 15) is 15.0 Å². The van der Waals surface area contributed by atoms with E-state index < -0.39 is 5.63 Å². The zero-order chi connectivity index (χ0) is 15.0. The first kappa shape index (κ1) is 13.1. The Morgan fingerprint density at radius 2 is 1.76 bits per heavy atom. The fraction of sp³-hybridized carbons (Fsp3) is 0.0625. The second kappa shape index (κ2) is 4.86. The van der Waals surface area contributed by atoms with Crippen molar-refractivity contribution in [3.63, 3.8) is 0 Å². The van der Waals surface area contributed by atoms with Gasteiger partial charge in [-0.15, -0.1) is 0 Å². The molecule has 0 radical (unpaired) electrons. The van der Waals surface area contributed by atoms with Crippen LogP contribution in [0.25, 0.3) is 22.1 Å². The van der Waals surface area contributed by atoms with Gasteiger partial charge in [-0.25, -0.2) is 4.79 Å². The van der Waals surface area contributed by atoms with E-state index in [2.05, 4.69) is 0 Å². The minimum Gasteiger partial charge on any atom is -0.508 e. The maximum absolute atomic E-state index is 12.1. The highest BCUT2D eigenvalue weighted by Crippen LogP contribution is 2.32. The average Bonchev–Trinajstić information content (AvgIpc) is 2.47. The van der Waals surface area contributed by atoms with E-state index in [0.29, 0.717) is 22.1 Å². The summed E-state index contributed by atoms with van der Waals surface area (Å²) in [7, 11) is 1.42. The molecule has 0 spiro atoms. The molecule has 21 heavy (non-hydrogen) atoms. The molecule has 0 aliphatic rings. The fourth-order valence-electron chi connectivity index (χ4n) is 2.14. The summed E-state index contributed by atoms with van der Waals surface area (Å²) in [5.74, 6) is 0.324. The molecule has 0 aliphatic carbocycles. The lowest BCUT2D eigenvalue weighted by molar-refractivity contribution is 0.373. The highest BCUT2D eigenvalue weighted by atomic mass is 16.5. The van der Waals surface area contributed by atoms with Crippen LogP contribution in [0.1, 0.15) is 0 Å². The summed E-state index contributed by atoms with van der Waals surface area (Å²) in [6.45, 7) is 0. The number of hydrogen-bond donors (Lipinski definition) is 2. The van der Waals surface area contributed by atoms with Crippen LogP contribution in [0, 0.1) is 0 Å². The number of rotatable bonds is 2. The molecule has 0 saturated carbocycles. The number of phenolic OH excluding ortho intramolecular Hbond substituents is 2. The smallest absolute Gasteiger partial charge is 0.344 e. The Hall–Kier alpha value is -2.95. The Morgan fingerprint density at radius 1 is 1.05 bits per heavy atom. The molecule has 0 bridgehead atoms. The molecule has 5 heteroatoms. The van der Waals surface area contributed by atoms with Crippen LogP contribution < -0.4 is 10.4 Å². The standard InChI is InChI=1S/C16H12O5/c1-20-15-8-14-10(7-13(15)18)6-12(16(19)21-14)9-2-4-11(17)5-3-9/h2-8,17-18H,1H3. The molecule has 0 aliphatic heterocycles. The van der Waals surface area contributed by atoms with Crippen LogP contribution >= 0.6 is 0 Å². The quantitative estimate of drug-likeness (QED) is 0.707. The molecule has 0 amide bonds. The Kier molecular flexibility index (Phi) is 3.02. The highest BCUT2D eigenvalue weighted by Gasteiger charge is 2.11. The summed E-state index contributed by atoms with van der Waals surface area (Å²) in [4.78, 5) is 12.1. The molecule has 1 heterocycles. The number of hydrogen-bond acceptors (Lipinski definition) is 5. The lowest BCUT2D eigenvalue weighted by Crippen LogP contribution is -2.02. The van der Waals surface area contributed by atoms with Gasteiger partial charge in [-0.1, -0.05) is 12.1 Å². The van der Waals surface area contributed by atoms with Gasteiger partial charge in [0.25, 0.3) is 0 Å². The number of methoxy groups -OCH3 is 1. The Morgan fingerprint density at radius 3 is 2.43 bits per heavy atom. The number of phenols is 2. The first-order chi connectivity index (χ1) is 10.1. The van der Waals surface area contributed by atoms with Crippen molar-refractivity contribution in [2.45, 2.75) is 0 Å². The van der Waals surface area contributed by atoms with E-state index >= 15 is 0 Å². The van der Waals surface area contributed by atoms with Crippen molar-refractivity contribution in [3.05, 3.63) is 52.9 Å². The monoisotopic (exact) mass is 284 g/mol. The van der Waals surface area contributed by atoms with E-state index in [1.165, 1.54) is 31.4 Å². The van der Waals surface area contributed by atoms with Crippen molar-refractivity contribution in [2.75, 3.05) is 7.11 Å². The lowest BCUT2D eigenvalue weighted by Gasteiger charge is -2.06. The first-order valence-corrected chi connectivity index (χ1v) is 6.23. The zero-order valence-electron chi connectivity index (χ0n) is 11.2. The average molecular weight is 284 g/mol. The predicted octanol–water partition coefficient (Wildman–Crippen LogP) is 2.88. The van der Waals surface area contributed by atoms with Crippen LogP contribution in [0.2, 0.25) is 0 Å². The molecule has 3 rings (SSSR count).